The Kier molecular flexibility index (Phi) is 4.90. The van der Waals surface area contributed by atoms with Crippen molar-refractivity contribution in [3.05, 3.63) is 58.9 Å². The van der Waals surface area contributed by atoms with E-state index in [2.05, 4.69) is 5.32 Å². The van der Waals surface area contributed by atoms with Gasteiger partial charge in [-0.3, -0.25) is 14.4 Å². The summed E-state index contributed by atoms with van der Waals surface area (Å²) in [6.07, 6.45) is 0.0419. The number of primary amides is 1. The Hall–Kier alpha value is -2.93. The van der Waals surface area contributed by atoms with Crippen LogP contribution in [0.3, 0.4) is 0 Å². The fraction of sp³-hybridized carbons (Fsp3) is 0.167. The van der Waals surface area contributed by atoms with Gasteiger partial charge < -0.3 is 16.0 Å². The molecule has 0 spiro atoms. The van der Waals surface area contributed by atoms with Crippen LogP contribution in [0.2, 0.25) is 5.02 Å². The molecule has 1 unspecified atom stereocenters. The number of carbonyl (C=O) groups excluding carboxylic acids is 3. The molecule has 2 aromatic carbocycles. The van der Waals surface area contributed by atoms with Crippen LogP contribution in [0.15, 0.2) is 42.5 Å². The van der Waals surface area contributed by atoms with Crippen LogP contribution in [0.4, 0.5) is 15.8 Å². The Morgan fingerprint density at radius 3 is 2.50 bits per heavy atom. The van der Waals surface area contributed by atoms with Crippen LogP contribution in [-0.4, -0.2) is 24.3 Å². The van der Waals surface area contributed by atoms with Crippen molar-refractivity contribution in [1.29, 1.82) is 0 Å². The Morgan fingerprint density at radius 1 is 1.19 bits per heavy atom. The highest BCUT2D eigenvalue weighted by atomic mass is 35.5. The number of hydrogen-bond acceptors (Lipinski definition) is 3. The maximum atomic E-state index is 13.3. The van der Waals surface area contributed by atoms with Crippen LogP contribution in [0, 0.1) is 11.7 Å². The molecule has 1 aliphatic heterocycles. The number of anilines is 2. The zero-order chi connectivity index (χ0) is 18.8. The van der Waals surface area contributed by atoms with Gasteiger partial charge >= 0.3 is 0 Å². The molecular weight excluding hydrogens is 361 g/mol. The van der Waals surface area contributed by atoms with Crippen LogP contribution in [0.25, 0.3) is 0 Å². The summed E-state index contributed by atoms with van der Waals surface area (Å²) < 4.78 is 13.3. The molecule has 134 valence electrons. The number of hydrogen-bond donors (Lipinski definition) is 2. The van der Waals surface area contributed by atoms with Crippen LogP contribution in [0.1, 0.15) is 16.8 Å². The van der Waals surface area contributed by atoms with Gasteiger partial charge in [-0.05, 0) is 42.5 Å². The number of amides is 3. The van der Waals surface area contributed by atoms with Crippen molar-refractivity contribution in [2.45, 2.75) is 6.42 Å². The van der Waals surface area contributed by atoms with Crippen molar-refractivity contribution in [3.8, 4) is 0 Å². The summed E-state index contributed by atoms with van der Waals surface area (Å²) >= 11 is 5.76. The third-order valence-electron chi connectivity index (χ3n) is 4.15. The highest BCUT2D eigenvalue weighted by Crippen LogP contribution is 2.29. The van der Waals surface area contributed by atoms with E-state index in [0.717, 1.165) is 0 Å². The van der Waals surface area contributed by atoms with Gasteiger partial charge in [-0.1, -0.05) is 11.6 Å². The first-order valence-electron chi connectivity index (χ1n) is 7.81. The molecule has 0 saturated carbocycles. The van der Waals surface area contributed by atoms with E-state index in [-0.39, 0.29) is 29.8 Å². The van der Waals surface area contributed by atoms with E-state index in [1.807, 2.05) is 0 Å². The topological polar surface area (TPSA) is 92.5 Å². The van der Waals surface area contributed by atoms with Crippen molar-refractivity contribution in [3.63, 3.8) is 0 Å². The molecule has 3 N–H and O–H groups in total. The van der Waals surface area contributed by atoms with Crippen LogP contribution in [-0.2, 0) is 9.59 Å². The molecular formula is C18H15ClFN3O3. The number of nitrogens with one attached hydrogen (secondary N) is 1. The zero-order valence-electron chi connectivity index (χ0n) is 13.5. The third-order valence-corrected chi connectivity index (χ3v) is 4.44. The standard InChI is InChI=1S/C18H15ClFN3O3/c19-14-8-13(5-6-15(14)20)23-9-11(7-16(23)24)18(26)22-12-3-1-10(2-4-12)17(21)25/h1-6,8,11H,7,9H2,(H2,21,25)(H,22,26). The average molecular weight is 376 g/mol. The first-order chi connectivity index (χ1) is 12.3. The van der Waals surface area contributed by atoms with Gasteiger partial charge in [0.25, 0.3) is 0 Å². The second kappa shape index (κ2) is 7.13. The minimum absolute atomic E-state index is 0.0419. The summed E-state index contributed by atoms with van der Waals surface area (Å²) in [6, 6.07) is 10.1. The fourth-order valence-electron chi connectivity index (χ4n) is 2.75. The molecule has 0 aromatic heterocycles. The molecule has 0 aliphatic carbocycles. The lowest BCUT2D eigenvalue weighted by atomic mass is 10.1. The monoisotopic (exact) mass is 375 g/mol. The Balaban J connectivity index is 1.68. The molecule has 6 nitrogen and oxygen atoms in total. The molecule has 1 saturated heterocycles. The van der Waals surface area contributed by atoms with Crippen molar-refractivity contribution < 1.29 is 18.8 Å². The first-order valence-corrected chi connectivity index (χ1v) is 8.19. The van der Waals surface area contributed by atoms with Crippen LogP contribution >= 0.6 is 11.6 Å². The molecule has 0 radical (unpaired) electrons. The fourth-order valence-corrected chi connectivity index (χ4v) is 2.92. The molecule has 3 amide bonds. The molecule has 2 aromatic rings. The van der Waals surface area contributed by atoms with Gasteiger partial charge in [0.1, 0.15) is 5.82 Å². The molecule has 1 atom stereocenters. The second-order valence-electron chi connectivity index (χ2n) is 5.93. The van der Waals surface area contributed by atoms with Gasteiger partial charge in [-0.25, -0.2) is 4.39 Å². The van der Waals surface area contributed by atoms with E-state index in [4.69, 9.17) is 17.3 Å². The highest BCUT2D eigenvalue weighted by Gasteiger charge is 2.35. The SMILES string of the molecule is NC(=O)c1ccc(NC(=O)C2CC(=O)N(c3ccc(F)c(Cl)c3)C2)cc1. The van der Waals surface area contributed by atoms with Crippen molar-refractivity contribution in [2.75, 3.05) is 16.8 Å². The summed E-state index contributed by atoms with van der Waals surface area (Å²) in [5.74, 6) is -2.24. The number of rotatable bonds is 4. The quantitative estimate of drug-likeness (QED) is 0.860. The van der Waals surface area contributed by atoms with Gasteiger partial charge in [0.15, 0.2) is 0 Å². The van der Waals surface area contributed by atoms with Gasteiger partial charge in [0, 0.05) is 29.9 Å². The smallest absolute Gasteiger partial charge is 0.248 e. The maximum Gasteiger partial charge on any atom is 0.248 e. The summed E-state index contributed by atoms with van der Waals surface area (Å²) in [7, 11) is 0. The Morgan fingerprint density at radius 2 is 1.88 bits per heavy atom. The second-order valence-corrected chi connectivity index (χ2v) is 6.34. The maximum absolute atomic E-state index is 13.3. The van der Waals surface area contributed by atoms with E-state index in [1.54, 1.807) is 12.1 Å². The van der Waals surface area contributed by atoms with E-state index >= 15 is 0 Å². The molecule has 1 heterocycles. The normalized spacial score (nSPS) is 16.6. The van der Waals surface area contributed by atoms with Gasteiger partial charge in [-0.15, -0.1) is 0 Å². The first kappa shape index (κ1) is 17.9. The average Bonchev–Trinajstić information content (AvgIpc) is 3.00. The number of nitrogens with two attached hydrogens (primary N) is 1. The number of halogens is 2. The lowest BCUT2D eigenvalue weighted by molar-refractivity contribution is -0.122. The lowest BCUT2D eigenvalue weighted by Crippen LogP contribution is -2.28. The Labute approximate surface area is 153 Å². The molecule has 1 fully saturated rings. The molecule has 0 bridgehead atoms. The molecule has 8 heteroatoms. The van der Waals surface area contributed by atoms with Gasteiger partial charge in [0.05, 0.1) is 10.9 Å². The van der Waals surface area contributed by atoms with Gasteiger partial charge in [0.2, 0.25) is 17.7 Å². The summed E-state index contributed by atoms with van der Waals surface area (Å²) in [4.78, 5) is 37.1. The molecule has 1 aliphatic rings. The Bertz CT molecular complexity index is 886. The number of nitrogens with zero attached hydrogens (tertiary/aromatic N) is 1. The summed E-state index contributed by atoms with van der Waals surface area (Å²) in [5.41, 5.74) is 6.44. The van der Waals surface area contributed by atoms with Crippen LogP contribution in [0.5, 0.6) is 0 Å². The third kappa shape index (κ3) is 3.67. The van der Waals surface area contributed by atoms with Gasteiger partial charge in [-0.2, -0.15) is 0 Å². The van der Waals surface area contributed by atoms with E-state index in [9.17, 15) is 18.8 Å². The molecule has 3 rings (SSSR count). The van der Waals surface area contributed by atoms with E-state index in [1.165, 1.54) is 35.2 Å². The van der Waals surface area contributed by atoms with Crippen molar-refractivity contribution in [2.24, 2.45) is 11.7 Å². The summed E-state index contributed by atoms with van der Waals surface area (Å²) in [6.45, 7) is 0.173. The van der Waals surface area contributed by atoms with Crippen molar-refractivity contribution in [1.82, 2.24) is 0 Å². The summed E-state index contributed by atoms with van der Waals surface area (Å²) in [5, 5.41) is 2.62. The highest BCUT2D eigenvalue weighted by molar-refractivity contribution is 6.31. The lowest BCUT2D eigenvalue weighted by Gasteiger charge is -2.17. The van der Waals surface area contributed by atoms with E-state index < -0.39 is 17.6 Å². The van der Waals surface area contributed by atoms with E-state index in [0.29, 0.717) is 16.9 Å². The van der Waals surface area contributed by atoms with Crippen molar-refractivity contribution >= 4 is 40.7 Å². The van der Waals surface area contributed by atoms with Crippen LogP contribution < -0.4 is 16.0 Å². The minimum Gasteiger partial charge on any atom is -0.366 e. The predicted molar refractivity (Wildman–Crippen MR) is 95.5 cm³/mol. The largest absolute Gasteiger partial charge is 0.366 e. The number of benzene rings is 2. The molecule has 26 heavy (non-hydrogen) atoms. The minimum atomic E-state index is -0.573. The zero-order valence-corrected chi connectivity index (χ0v) is 14.3. The predicted octanol–water partition coefficient (Wildman–Crippen LogP) is 2.57. The number of carbonyl (C=O) groups is 3.